The van der Waals surface area contributed by atoms with E-state index in [1.165, 1.54) is 17.4 Å². The Morgan fingerprint density at radius 3 is 2.59 bits per heavy atom. The van der Waals surface area contributed by atoms with E-state index in [0.29, 0.717) is 22.3 Å². The molecule has 164 valence electrons. The number of benzene rings is 2. The molecule has 0 saturated heterocycles. The van der Waals surface area contributed by atoms with Gasteiger partial charge in [-0.1, -0.05) is 24.6 Å². The maximum Gasteiger partial charge on any atom is 0.337 e. The third kappa shape index (κ3) is 4.09. The van der Waals surface area contributed by atoms with Gasteiger partial charge in [-0.2, -0.15) is 0 Å². The molecule has 0 aliphatic carbocycles. The van der Waals surface area contributed by atoms with Gasteiger partial charge in [0.05, 0.1) is 16.8 Å². The van der Waals surface area contributed by atoms with Crippen molar-refractivity contribution < 1.29 is 13.6 Å². The number of carbonyl (C=O) groups excluding carboxylic acids is 1. The summed E-state index contributed by atoms with van der Waals surface area (Å²) >= 11 is 7.27. The average molecular weight is 476 g/mol. The van der Waals surface area contributed by atoms with Gasteiger partial charge in [-0.3, -0.25) is 14.2 Å². The second-order valence-corrected chi connectivity index (χ2v) is 8.50. The highest BCUT2D eigenvalue weighted by Gasteiger charge is 2.20. The number of aromatic nitrogens is 2. The van der Waals surface area contributed by atoms with Crippen molar-refractivity contribution in [3.63, 3.8) is 0 Å². The molecule has 0 radical (unpaired) electrons. The summed E-state index contributed by atoms with van der Waals surface area (Å²) in [7, 11) is 0. The molecule has 0 saturated carbocycles. The first-order chi connectivity index (χ1) is 15.3. The maximum absolute atomic E-state index is 13.9. The quantitative estimate of drug-likeness (QED) is 0.466. The monoisotopic (exact) mass is 475 g/mol. The maximum atomic E-state index is 13.9. The van der Waals surface area contributed by atoms with Gasteiger partial charge in [0.2, 0.25) is 5.91 Å². The Kier molecular flexibility index (Phi) is 5.94. The molecular weight excluding hydrogens is 460 g/mol. The van der Waals surface area contributed by atoms with Crippen LogP contribution < -0.4 is 16.6 Å². The van der Waals surface area contributed by atoms with Crippen molar-refractivity contribution in [1.82, 2.24) is 9.13 Å². The van der Waals surface area contributed by atoms with Crippen LogP contribution in [0, 0.1) is 11.6 Å². The van der Waals surface area contributed by atoms with Crippen LogP contribution in [0.1, 0.15) is 11.8 Å². The molecule has 6 nitrogen and oxygen atoms in total. The second-order valence-electron chi connectivity index (χ2n) is 6.95. The summed E-state index contributed by atoms with van der Waals surface area (Å²) < 4.78 is 29.2. The Bertz CT molecular complexity index is 1480. The summed E-state index contributed by atoms with van der Waals surface area (Å²) in [5.74, 6) is -2.43. The molecule has 0 fully saturated rings. The summed E-state index contributed by atoms with van der Waals surface area (Å²) in [6, 6.07) is 10.7. The van der Waals surface area contributed by atoms with Gasteiger partial charge in [0.1, 0.15) is 23.0 Å². The number of halogens is 3. The van der Waals surface area contributed by atoms with Gasteiger partial charge in [-0.25, -0.2) is 18.1 Å². The molecular formula is C22H16ClF2N3O3S. The molecule has 10 heteroatoms. The van der Waals surface area contributed by atoms with Crippen LogP contribution in [-0.4, -0.2) is 15.0 Å². The molecule has 1 N–H and O–H groups in total. The van der Waals surface area contributed by atoms with E-state index < -0.39 is 35.3 Å². The van der Waals surface area contributed by atoms with Gasteiger partial charge in [0.25, 0.3) is 5.56 Å². The summed E-state index contributed by atoms with van der Waals surface area (Å²) in [6.07, 6.45) is 0.636. The van der Waals surface area contributed by atoms with Crippen LogP contribution in [0.3, 0.4) is 0 Å². The van der Waals surface area contributed by atoms with Crippen molar-refractivity contribution in [1.29, 1.82) is 0 Å². The number of amides is 1. The van der Waals surface area contributed by atoms with E-state index in [4.69, 9.17) is 11.6 Å². The van der Waals surface area contributed by atoms with Gasteiger partial charge in [0, 0.05) is 16.0 Å². The summed E-state index contributed by atoms with van der Waals surface area (Å²) in [5, 5.41) is 2.96. The van der Waals surface area contributed by atoms with Crippen molar-refractivity contribution in [3.8, 4) is 5.69 Å². The molecule has 4 aromatic rings. The molecule has 0 aliphatic heterocycles. The van der Waals surface area contributed by atoms with Crippen LogP contribution in [-0.2, 0) is 17.8 Å². The van der Waals surface area contributed by atoms with Crippen molar-refractivity contribution in [2.45, 2.75) is 19.9 Å². The molecule has 2 heterocycles. The summed E-state index contributed by atoms with van der Waals surface area (Å²) in [5.41, 5.74) is -1.21. The molecule has 0 bridgehead atoms. The lowest BCUT2D eigenvalue weighted by Crippen LogP contribution is -2.40. The van der Waals surface area contributed by atoms with E-state index >= 15 is 0 Å². The van der Waals surface area contributed by atoms with Crippen LogP contribution >= 0.6 is 22.9 Å². The van der Waals surface area contributed by atoms with Gasteiger partial charge in [-0.05, 0) is 42.8 Å². The van der Waals surface area contributed by atoms with E-state index in [1.807, 2.05) is 6.92 Å². The largest absolute Gasteiger partial charge is 0.337 e. The van der Waals surface area contributed by atoms with Crippen LogP contribution in [0.2, 0.25) is 5.02 Å². The second kappa shape index (κ2) is 8.68. The molecule has 2 aromatic carbocycles. The lowest BCUT2D eigenvalue weighted by Gasteiger charge is -2.13. The third-order valence-electron chi connectivity index (χ3n) is 4.79. The normalized spacial score (nSPS) is 11.1. The number of fused-ring (bicyclic) bond motifs is 1. The average Bonchev–Trinajstić information content (AvgIpc) is 3.18. The minimum absolute atomic E-state index is 0.218. The standard InChI is InChI=1S/C22H16ClF2N3O3S/c1-2-15-10-16-20(30)28(14-5-3-4-12(23)8-14)22(31)27(21(16)32-15)11-19(29)26-18-7-6-13(24)9-17(18)25/h3-10H,2,11H2,1H3,(H,26,29). The van der Waals surface area contributed by atoms with E-state index in [9.17, 15) is 23.2 Å². The summed E-state index contributed by atoms with van der Waals surface area (Å²) in [6.45, 7) is 1.43. The minimum atomic E-state index is -0.941. The molecule has 1 amide bonds. The van der Waals surface area contributed by atoms with Gasteiger partial charge >= 0.3 is 5.69 Å². The molecule has 0 unspecified atom stereocenters. The molecule has 0 atom stereocenters. The number of nitrogens with zero attached hydrogens (tertiary/aromatic N) is 2. The zero-order valence-corrected chi connectivity index (χ0v) is 18.3. The highest BCUT2D eigenvalue weighted by Crippen LogP contribution is 2.24. The summed E-state index contributed by atoms with van der Waals surface area (Å²) in [4.78, 5) is 40.3. The Labute approximate surface area is 189 Å². The number of hydrogen-bond donors (Lipinski definition) is 1. The predicted molar refractivity (Wildman–Crippen MR) is 121 cm³/mol. The molecule has 2 aromatic heterocycles. The van der Waals surface area contributed by atoms with Crippen LogP contribution in [0.25, 0.3) is 15.9 Å². The van der Waals surface area contributed by atoms with E-state index in [-0.39, 0.29) is 16.8 Å². The SMILES string of the molecule is CCc1cc2c(=O)n(-c3cccc(Cl)c3)c(=O)n(CC(=O)Nc3ccc(F)cc3F)c2s1. The Balaban J connectivity index is 1.84. The van der Waals surface area contributed by atoms with E-state index in [0.717, 1.165) is 26.1 Å². The number of rotatable bonds is 5. The fraction of sp³-hybridized carbons (Fsp3) is 0.136. The first-order valence-corrected chi connectivity index (χ1v) is 10.8. The number of hydrogen-bond acceptors (Lipinski definition) is 4. The van der Waals surface area contributed by atoms with Crippen molar-refractivity contribution >= 4 is 44.7 Å². The van der Waals surface area contributed by atoms with Gasteiger partial charge in [-0.15, -0.1) is 11.3 Å². The molecule has 0 spiro atoms. The number of anilines is 1. The van der Waals surface area contributed by atoms with Crippen molar-refractivity contribution in [2.24, 2.45) is 0 Å². The van der Waals surface area contributed by atoms with Gasteiger partial charge < -0.3 is 5.32 Å². The molecule has 32 heavy (non-hydrogen) atoms. The Morgan fingerprint density at radius 1 is 1.12 bits per heavy atom. The smallest absolute Gasteiger partial charge is 0.322 e. The lowest BCUT2D eigenvalue weighted by molar-refractivity contribution is -0.116. The first kappa shape index (κ1) is 21.9. The van der Waals surface area contributed by atoms with E-state index in [1.54, 1.807) is 24.3 Å². The van der Waals surface area contributed by atoms with Crippen molar-refractivity contribution in [3.05, 3.63) is 90.9 Å². The zero-order valence-electron chi connectivity index (χ0n) is 16.7. The first-order valence-electron chi connectivity index (χ1n) is 9.57. The molecule has 0 aliphatic rings. The highest BCUT2D eigenvalue weighted by molar-refractivity contribution is 7.18. The Hall–Kier alpha value is -3.30. The van der Waals surface area contributed by atoms with Gasteiger partial charge in [0.15, 0.2) is 0 Å². The van der Waals surface area contributed by atoms with Crippen LogP contribution in [0.4, 0.5) is 14.5 Å². The lowest BCUT2D eigenvalue weighted by atomic mass is 10.3. The van der Waals surface area contributed by atoms with Crippen LogP contribution in [0.5, 0.6) is 0 Å². The van der Waals surface area contributed by atoms with E-state index in [2.05, 4.69) is 5.32 Å². The fourth-order valence-corrected chi connectivity index (χ4v) is 4.54. The topological polar surface area (TPSA) is 73.1 Å². The predicted octanol–water partition coefficient (Wildman–Crippen LogP) is 4.35. The third-order valence-corrected chi connectivity index (χ3v) is 6.32. The zero-order chi connectivity index (χ0) is 23.0. The fourth-order valence-electron chi connectivity index (χ4n) is 3.28. The highest BCUT2D eigenvalue weighted by atomic mass is 35.5. The number of carbonyl (C=O) groups is 1. The number of thiophene rings is 1. The van der Waals surface area contributed by atoms with Crippen LogP contribution in [0.15, 0.2) is 58.1 Å². The van der Waals surface area contributed by atoms with Crippen molar-refractivity contribution in [2.75, 3.05) is 5.32 Å². The number of aryl methyl sites for hydroxylation is 1. The minimum Gasteiger partial charge on any atom is -0.322 e. The number of nitrogens with one attached hydrogen (secondary N) is 1. The Morgan fingerprint density at radius 2 is 1.91 bits per heavy atom. The molecule has 4 rings (SSSR count).